The third-order valence-electron chi connectivity index (χ3n) is 5.27. The summed E-state index contributed by atoms with van der Waals surface area (Å²) in [7, 11) is 1.75. The van der Waals surface area contributed by atoms with Crippen LogP contribution in [0.15, 0.2) is 29.1 Å². The van der Waals surface area contributed by atoms with Crippen molar-refractivity contribution in [3.8, 4) is 0 Å². The highest BCUT2D eigenvalue weighted by atomic mass is 35.5. The lowest BCUT2D eigenvalue weighted by atomic mass is 9.82. The number of H-pyrrole nitrogens is 1. The van der Waals surface area contributed by atoms with Crippen LogP contribution < -0.4 is 5.43 Å². The molecule has 2 aliphatic rings. The second kappa shape index (κ2) is 6.15. The SMILES string of the molecule is COC[C@@]12COC[C@@H]1CN(Cc1cc(=O)c3cc(Cl)ccc3[nH]1)C2. The fourth-order valence-electron chi connectivity index (χ4n) is 4.16. The second-order valence-corrected chi connectivity index (χ2v) is 7.46. The van der Waals surface area contributed by atoms with Crippen molar-refractivity contribution in [2.75, 3.05) is 40.0 Å². The maximum absolute atomic E-state index is 12.3. The first-order valence-corrected chi connectivity index (χ1v) is 8.58. The second-order valence-electron chi connectivity index (χ2n) is 7.03. The maximum atomic E-state index is 12.3. The van der Waals surface area contributed by atoms with Gasteiger partial charge in [0.05, 0.1) is 19.8 Å². The van der Waals surface area contributed by atoms with Crippen LogP contribution in [0.4, 0.5) is 0 Å². The van der Waals surface area contributed by atoms with E-state index < -0.39 is 0 Å². The van der Waals surface area contributed by atoms with E-state index in [9.17, 15) is 4.79 Å². The van der Waals surface area contributed by atoms with Crippen molar-refractivity contribution in [3.63, 3.8) is 0 Å². The fourth-order valence-corrected chi connectivity index (χ4v) is 4.33. The number of hydrogen-bond donors (Lipinski definition) is 1. The molecular formula is C18H21ClN2O3. The molecule has 6 heteroatoms. The molecule has 0 amide bonds. The molecule has 0 spiro atoms. The number of fused-ring (bicyclic) bond motifs is 2. The van der Waals surface area contributed by atoms with Crippen LogP contribution in [0.3, 0.4) is 0 Å². The monoisotopic (exact) mass is 348 g/mol. The van der Waals surface area contributed by atoms with E-state index in [1.165, 1.54) is 0 Å². The molecule has 0 bridgehead atoms. The largest absolute Gasteiger partial charge is 0.384 e. The van der Waals surface area contributed by atoms with Crippen molar-refractivity contribution < 1.29 is 9.47 Å². The number of rotatable bonds is 4. The van der Waals surface area contributed by atoms with Gasteiger partial charge in [-0.25, -0.2) is 0 Å². The molecule has 4 rings (SSSR count). The quantitative estimate of drug-likeness (QED) is 0.921. The van der Waals surface area contributed by atoms with E-state index in [2.05, 4.69) is 9.88 Å². The molecule has 3 heterocycles. The fraction of sp³-hybridized carbons (Fsp3) is 0.500. The molecule has 1 aromatic heterocycles. The van der Waals surface area contributed by atoms with Gasteiger partial charge in [-0.15, -0.1) is 0 Å². The number of aromatic nitrogens is 1. The standard InChI is InChI=1S/C18H21ClN2O3/c1-23-10-18-9-21(6-12(18)8-24-11-18)7-14-5-17(22)15-4-13(19)2-3-16(15)20-14/h2-5,12H,6-11H2,1H3,(H,20,22)/t12-,18-/m0/s1. The minimum absolute atomic E-state index is 0.00980. The molecule has 0 radical (unpaired) electrons. The van der Waals surface area contributed by atoms with Gasteiger partial charge in [-0.2, -0.15) is 0 Å². The Balaban J connectivity index is 1.57. The minimum atomic E-state index is 0.00980. The van der Waals surface area contributed by atoms with Crippen molar-refractivity contribution in [1.82, 2.24) is 9.88 Å². The number of hydrogen-bond acceptors (Lipinski definition) is 4. The minimum Gasteiger partial charge on any atom is -0.384 e. The van der Waals surface area contributed by atoms with E-state index in [1.807, 2.05) is 6.07 Å². The molecule has 2 aliphatic heterocycles. The van der Waals surface area contributed by atoms with Gasteiger partial charge in [0.15, 0.2) is 5.43 Å². The van der Waals surface area contributed by atoms with Gasteiger partial charge < -0.3 is 14.5 Å². The van der Waals surface area contributed by atoms with E-state index in [-0.39, 0.29) is 10.8 Å². The Morgan fingerprint density at radius 1 is 1.46 bits per heavy atom. The smallest absolute Gasteiger partial charge is 0.189 e. The van der Waals surface area contributed by atoms with Crippen molar-refractivity contribution in [2.45, 2.75) is 6.54 Å². The van der Waals surface area contributed by atoms with Crippen LogP contribution in [0.1, 0.15) is 5.69 Å². The first kappa shape index (κ1) is 16.1. The lowest BCUT2D eigenvalue weighted by molar-refractivity contribution is 0.0532. The van der Waals surface area contributed by atoms with Gasteiger partial charge >= 0.3 is 0 Å². The Bertz CT molecular complexity index is 822. The molecule has 2 atom stereocenters. The number of aromatic amines is 1. The molecule has 0 saturated carbocycles. The predicted octanol–water partition coefficient (Wildman–Crippen LogP) is 2.28. The Kier molecular flexibility index (Phi) is 4.12. The summed E-state index contributed by atoms with van der Waals surface area (Å²) >= 11 is 5.98. The summed E-state index contributed by atoms with van der Waals surface area (Å²) in [6, 6.07) is 7.06. The average molecular weight is 349 g/mol. The van der Waals surface area contributed by atoms with Crippen molar-refractivity contribution in [3.05, 3.63) is 45.2 Å². The number of methoxy groups -OCH3 is 1. The van der Waals surface area contributed by atoms with Crippen molar-refractivity contribution in [2.24, 2.45) is 11.3 Å². The summed E-state index contributed by atoms with van der Waals surface area (Å²) in [4.78, 5) is 18.1. The van der Waals surface area contributed by atoms with Crippen LogP contribution in [0.2, 0.25) is 5.02 Å². The number of nitrogens with one attached hydrogen (secondary N) is 1. The van der Waals surface area contributed by atoms with Gasteiger partial charge in [-0.1, -0.05) is 11.6 Å². The third-order valence-corrected chi connectivity index (χ3v) is 5.50. The zero-order valence-corrected chi connectivity index (χ0v) is 14.4. The molecule has 1 aromatic carbocycles. The summed E-state index contributed by atoms with van der Waals surface area (Å²) in [5.41, 5.74) is 1.87. The van der Waals surface area contributed by atoms with Gasteiger partial charge in [0, 0.05) is 65.8 Å². The molecule has 5 nitrogen and oxygen atoms in total. The molecular weight excluding hydrogens is 328 g/mol. The van der Waals surface area contributed by atoms with Gasteiger partial charge in [0.2, 0.25) is 0 Å². The number of pyridine rings is 1. The van der Waals surface area contributed by atoms with E-state index in [0.717, 1.165) is 50.7 Å². The van der Waals surface area contributed by atoms with Crippen molar-refractivity contribution >= 4 is 22.5 Å². The van der Waals surface area contributed by atoms with Gasteiger partial charge in [0.25, 0.3) is 0 Å². The Labute approximate surface area is 145 Å². The number of nitrogens with zero attached hydrogens (tertiary/aromatic N) is 1. The summed E-state index contributed by atoms with van der Waals surface area (Å²) in [6.07, 6.45) is 0. The first-order chi connectivity index (χ1) is 11.6. The third kappa shape index (κ3) is 2.75. The zero-order chi connectivity index (χ0) is 16.7. The van der Waals surface area contributed by atoms with Crippen LogP contribution in [0.25, 0.3) is 10.9 Å². The molecule has 24 heavy (non-hydrogen) atoms. The van der Waals surface area contributed by atoms with E-state index in [4.69, 9.17) is 21.1 Å². The van der Waals surface area contributed by atoms with Crippen LogP contribution in [-0.4, -0.2) is 49.9 Å². The van der Waals surface area contributed by atoms with E-state index in [1.54, 1.807) is 25.3 Å². The van der Waals surface area contributed by atoms with E-state index in [0.29, 0.717) is 16.3 Å². The highest BCUT2D eigenvalue weighted by Gasteiger charge is 2.50. The van der Waals surface area contributed by atoms with Gasteiger partial charge in [-0.05, 0) is 18.2 Å². The van der Waals surface area contributed by atoms with E-state index >= 15 is 0 Å². The Hall–Kier alpha value is -1.40. The normalized spacial score (nSPS) is 27.0. The summed E-state index contributed by atoms with van der Waals surface area (Å²) in [5.74, 6) is 0.503. The first-order valence-electron chi connectivity index (χ1n) is 8.20. The van der Waals surface area contributed by atoms with Crippen LogP contribution in [-0.2, 0) is 16.0 Å². The number of benzene rings is 1. The van der Waals surface area contributed by atoms with Gasteiger partial charge in [-0.3, -0.25) is 9.69 Å². The van der Waals surface area contributed by atoms with Crippen LogP contribution in [0, 0.1) is 11.3 Å². The highest BCUT2D eigenvalue weighted by Crippen LogP contribution is 2.41. The summed E-state index contributed by atoms with van der Waals surface area (Å²) in [5, 5.41) is 1.21. The Morgan fingerprint density at radius 3 is 3.17 bits per heavy atom. The van der Waals surface area contributed by atoms with Crippen LogP contribution >= 0.6 is 11.6 Å². The molecule has 2 fully saturated rings. The molecule has 0 unspecified atom stereocenters. The van der Waals surface area contributed by atoms with Crippen LogP contribution in [0.5, 0.6) is 0 Å². The summed E-state index contributed by atoms with van der Waals surface area (Å²) in [6.45, 7) is 4.92. The molecule has 2 saturated heterocycles. The molecule has 128 valence electrons. The lowest BCUT2D eigenvalue weighted by Gasteiger charge is -2.26. The maximum Gasteiger partial charge on any atom is 0.189 e. The van der Waals surface area contributed by atoms with Gasteiger partial charge in [0.1, 0.15) is 0 Å². The zero-order valence-electron chi connectivity index (χ0n) is 13.7. The predicted molar refractivity (Wildman–Crippen MR) is 93.5 cm³/mol. The number of ether oxygens (including phenoxy) is 2. The molecule has 0 aliphatic carbocycles. The molecule has 2 aromatic rings. The number of halogens is 1. The topological polar surface area (TPSA) is 54.6 Å². The van der Waals surface area contributed by atoms with Crippen molar-refractivity contribution in [1.29, 1.82) is 0 Å². The summed E-state index contributed by atoms with van der Waals surface area (Å²) < 4.78 is 11.1. The highest BCUT2D eigenvalue weighted by molar-refractivity contribution is 6.31. The average Bonchev–Trinajstić information content (AvgIpc) is 3.05. The Morgan fingerprint density at radius 2 is 2.33 bits per heavy atom. The molecule has 1 N–H and O–H groups in total. The lowest BCUT2D eigenvalue weighted by Crippen LogP contribution is -2.35. The number of likely N-dealkylation sites (tertiary alicyclic amines) is 1.